The topological polar surface area (TPSA) is 45.6 Å². The molecule has 0 atom stereocenters. The van der Waals surface area contributed by atoms with Crippen LogP contribution in [0.1, 0.15) is 52.0 Å². The summed E-state index contributed by atoms with van der Waals surface area (Å²) in [5.74, 6) is -0.318. The van der Waals surface area contributed by atoms with Gasteiger partial charge in [-0.15, -0.1) is 0 Å². The number of hydrogen-bond acceptors (Lipinski definition) is 3. The third-order valence-corrected chi connectivity index (χ3v) is 5.42. The van der Waals surface area contributed by atoms with E-state index in [0.29, 0.717) is 44.3 Å². The third-order valence-electron chi connectivity index (χ3n) is 5.42. The Hall–Kier alpha value is -2.47. The van der Waals surface area contributed by atoms with Crippen LogP contribution < -0.4 is 0 Å². The Balaban J connectivity index is 1.58. The van der Waals surface area contributed by atoms with Crippen molar-refractivity contribution in [3.63, 3.8) is 0 Å². The molecule has 0 spiro atoms. The van der Waals surface area contributed by atoms with Gasteiger partial charge < -0.3 is 9.47 Å². The summed E-state index contributed by atoms with van der Waals surface area (Å²) in [5, 5.41) is 0. The van der Waals surface area contributed by atoms with Gasteiger partial charge in [-0.1, -0.05) is 0 Å². The van der Waals surface area contributed by atoms with Gasteiger partial charge in [0.1, 0.15) is 5.82 Å². The lowest BCUT2D eigenvalue weighted by Crippen LogP contribution is -2.49. The first-order chi connectivity index (χ1) is 13.3. The molecular formula is C22H28FN3O2. The van der Waals surface area contributed by atoms with Crippen LogP contribution in [0.5, 0.6) is 0 Å². The highest BCUT2D eigenvalue weighted by atomic mass is 19.1. The average molecular weight is 385 g/mol. The molecule has 0 aliphatic carbocycles. The number of rotatable bonds is 5. The molecule has 0 saturated carbocycles. The fourth-order valence-corrected chi connectivity index (χ4v) is 4.03. The minimum absolute atomic E-state index is 0.0912. The van der Waals surface area contributed by atoms with Crippen molar-refractivity contribution in [3.8, 4) is 0 Å². The molecule has 0 radical (unpaired) electrons. The van der Waals surface area contributed by atoms with Crippen molar-refractivity contribution in [2.45, 2.75) is 33.7 Å². The second kappa shape index (κ2) is 8.27. The van der Waals surface area contributed by atoms with E-state index in [1.165, 1.54) is 24.3 Å². The van der Waals surface area contributed by atoms with Gasteiger partial charge in [0.2, 0.25) is 0 Å². The lowest BCUT2D eigenvalue weighted by Gasteiger charge is -2.34. The van der Waals surface area contributed by atoms with Gasteiger partial charge in [-0.05, 0) is 58.0 Å². The molecule has 28 heavy (non-hydrogen) atoms. The Kier molecular flexibility index (Phi) is 5.98. The molecule has 1 fully saturated rings. The van der Waals surface area contributed by atoms with Crippen LogP contribution in [0, 0.1) is 19.7 Å². The fraction of sp³-hybridized carbons (Fsp3) is 0.455. The van der Waals surface area contributed by atoms with Crippen LogP contribution in [-0.4, -0.2) is 58.8 Å². The van der Waals surface area contributed by atoms with Crippen LogP contribution in [0.2, 0.25) is 0 Å². The number of aromatic nitrogens is 1. The number of amides is 1. The molecular weight excluding hydrogens is 357 g/mol. The predicted octanol–water partition coefficient (Wildman–Crippen LogP) is 3.47. The highest BCUT2D eigenvalue weighted by Crippen LogP contribution is 2.21. The summed E-state index contributed by atoms with van der Waals surface area (Å²) in [7, 11) is 0. The van der Waals surface area contributed by atoms with E-state index in [9.17, 15) is 14.0 Å². The largest absolute Gasteiger partial charge is 0.346 e. The summed E-state index contributed by atoms with van der Waals surface area (Å²) in [6, 6.07) is 7.93. The maximum atomic E-state index is 13.0. The fourth-order valence-electron chi connectivity index (χ4n) is 4.03. The zero-order chi connectivity index (χ0) is 20.4. The molecule has 150 valence electrons. The van der Waals surface area contributed by atoms with Crippen LogP contribution >= 0.6 is 0 Å². The van der Waals surface area contributed by atoms with Crippen LogP contribution in [0.25, 0.3) is 0 Å². The Morgan fingerprint density at radius 2 is 1.64 bits per heavy atom. The summed E-state index contributed by atoms with van der Waals surface area (Å²) < 4.78 is 15.2. The van der Waals surface area contributed by atoms with Gasteiger partial charge in [0.15, 0.2) is 5.78 Å². The first kappa shape index (κ1) is 20.3. The minimum atomic E-state index is -0.350. The van der Waals surface area contributed by atoms with Crippen molar-refractivity contribution in [2.75, 3.05) is 32.7 Å². The van der Waals surface area contributed by atoms with Crippen molar-refractivity contribution in [2.24, 2.45) is 0 Å². The zero-order valence-corrected chi connectivity index (χ0v) is 17.0. The summed E-state index contributed by atoms with van der Waals surface area (Å²) in [5.41, 5.74) is 3.40. The second-order valence-corrected chi connectivity index (χ2v) is 7.75. The maximum absolute atomic E-state index is 13.0. The van der Waals surface area contributed by atoms with Crippen molar-refractivity contribution in [1.29, 1.82) is 0 Å². The number of benzene rings is 1. The molecule has 1 amide bonds. The normalized spacial score (nSPS) is 15.3. The molecule has 0 bridgehead atoms. The summed E-state index contributed by atoms with van der Waals surface area (Å²) in [6.45, 7) is 11.1. The molecule has 0 N–H and O–H groups in total. The second-order valence-electron chi connectivity index (χ2n) is 7.75. The molecule has 1 aliphatic heterocycles. The molecule has 2 heterocycles. The van der Waals surface area contributed by atoms with E-state index in [0.717, 1.165) is 17.0 Å². The van der Waals surface area contributed by atoms with E-state index in [4.69, 9.17) is 0 Å². The lowest BCUT2D eigenvalue weighted by atomic mass is 10.1. The van der Waals surface area contributed by atoms with E-state index < -0.39 is 0 Å². The quantitative estimate of drug-likeness (QED) is 0.741. The van der Waals surface area contributed by atoms with Crippen LogP contribution in [0.3, 0.4) is 0 Å². The van der Waals surface area contributed by atoms with Crippen LogP contribution in [0.15, 0.2) is 30.3 Å². The first-order valence-corrected chi connectivity index (χ1v) is 9.76. The molecule has 1 aliphatic rings. The smallest absolute Gasteiger partial charge is 0.253 e. The number of aryl methyl sites for hydroxylation is 1. The van der Waals surface area contributed by atoms with E-state index in [1.54, 1.807) is 4.90 Å². The molecule has 6 heteroatoms. The predicted molar refractivity (Wildman–Crippen MR) is 107 cm³/mol. The molecule has 1 aromatic heterocycles. The zero-order valence-electron chi connectivity index (χ0n) is 17.0. The van der Waals surface area contributed by atoms with Gasteiger partial charge >= 0.3 is 0 Å². The first-order valence-electron chi connectivity index (χ1n) is 9.76. The number of carbonyl (C=O) groups excluding carboxylic acids is 2. The molecule has 1 aromatic carbocycles. The van der Waals surface area contributed by atoms with Crippen molar-refractivity contribution in [3.05, 3.63) is 58.7 Å². The van der Waals surface area contributed by atoms with E-state index in [-0.39, 0.29) is 17.5 Å². The number of nitrogens with zero attached hydrogens (tertiary/aromatic N) is 3. The summed E-state index contributed by atoms with van der Waals surface area (Å²) in [4.78, 5) is 29.2. The summed E-state index contributed by atoms with van der Waals surface area (Å²) in [6.07, 6.45) is 0. The van der Waals surface area contributed by atoms with Crippen molar-refractivity contribution in [1.82, 2.24) is 14.4 Å². The summed E-state index contributed by atoms with van der Waals surface area (Å²) >= 11 is 0. The van der Waals surface area contributed by atoms with Crippen LogP contribution in [-0.2, 0) is 0 Å². The molecule has 0 unspecified atom stereocenters. The Morgan fingerprint density at radius 1 is 1.04 bits per heavy atom. The van der Waals surface area contributed by atoms with Gasteiger partial charge in [0, 0.05) is 54.7 Å². The number of ketones is 1. The number of Topliss-reactive ketones (excluding diaryl/α,β-unsaturated/α-hetero) is 1. The molecule has 3 rings (SSSR count). The van der Waals surface area contributed by atoms with Gasteiger partial charge in [0.05, 0.1) is 6.54 Å². The lowest BCUT2D eigenvalue weighted by molar-refractivity contribution is 0.0624. The van der Waals surface area contributed by atoms with Crippen molar-refractivity contribution < 1.29 is 14.0 Å². The third kappa shape index (κ3) is 4.17. The molecule has 1 saturated heterocycles. The standard InChI is InChI=1S/C22H28FN3O2/c1-15(2)26-16(3)13-20(17(26)4)21(27)14-24-9-11-25(12-10-24)22(28)18-5-7-19(23)8-6-18/h5-8,13,15H,9-12,14H2,1-4H3. The molecule has 2 aromatic rings. The number of halogens is 1. The van der Waals surface area contributed by atoms with Gasteiger partial charge in [0.25, 0.3) is 5.91 Å². The van der Waals surface area contributed by atoms with Gasteiger partial charge in [-0.3, -0.25) is 14.5 Å². The highest BCUT2D eigenvalue weighted by Gasteiger charge is 2.25. The van der Waals surface area contributed by atoms with Crippen LogP contribution in [0.4, 0.5) is 4.39 Å². The number of hydrogen-bond donors (Lipinski definition) is 0. The van der Waals surface area contributed by atoms with Crippen molar-refractivity contribution >= 4 is 11.7 Å². The average Bonchev–Trinajstić information content (AvgIpc) is 2.97. The number of carbonyl (C=O) groups is 2. The SMILES string of the molecule is Cc1cc(C(=O)CN2CCN(C(=O)c3ccc(F)cc3)CC2)c(C)n1C(C)C. The van der Waals surface area contributed by atoms with Gasteiger partial charge in [-0.2, -0.15) is 0 Å². The van der Waals surface area contributed by atoms with E-state index in [2.05, 4.69) is 23.3 Å². The van der Waals surface area contributed by atoms with Gasteiger partial charge in [-0.25, -0.2) is 4.39 Å². The molecule has 5 nitrogen and oxygen atoms in total. The Labute approximate surface area is 165 Å². The minimum Gasteiger partial charge on any atom is -0.346 e. The van der Waals surface area contributed by atoms with E-state index >= 15 is 0 Å². The Bertz CT molecular complexity index is 863. The maximum Gasteiger partial charge on any atom is 0.253 e. The number of piperazine rings is 1. The Morgan fingerprint density at radius 3 is 2.18 bits per heavy atom. The highest BCUT2D eigenvalue weighted by molar-refractivity contribution is 5.99. The monoisotopic (exact) mass is 385 g/mol. The van der Waals surface area contributed by atoms with E-state index in [1.807, 2.05) is 19.9 Å².